The highest BCUT2D eigenvalue weighted by Crippen LogP contribution is 2.46. The normalized spacial score (nSPS) is 19.6. The average molecular weight is 724 g/mol. The van der Waals surface area contributed by atoms with Crippen LogP contribution in [0.25, 0.3) is 0 Å². The monoisotopic (exact) mass is 721 g/mol. The molecule has 0 saturated carbocycles. The Balaban J connectivity index is 1.17. The summed E-state index contributed by atoms with van der Waals surface area (Å²) in [6.07, 6.45) is 9.47. The molecule has 5 rings (SSSR count). The number of hydrogen-bond donors (Lipinski definition) is 1. The number of halogens is 3. The molecule has 42 heavy (non-hydrogen) atoms. The maximum absolute atomic E-state index is 13.3. The number of pyridine rings is 1. The average Bonchev–Trinajstić information content (AvgIpc) is 3.12. The molecule has 1 N–H and O–H groups in total. The van der Waals surface area contributed by atoms with Crippen LogP contribution in [0.4, 0.5) is 0 Å². The number of carboxylic acid groups (broad SMARTS) is 1. The van der Waals surface area contributed by atoms with Gasteiger partial charge in [0.25, 0.3) is 0 Å². The summed E-state index contributed by atoms with van der Waals surface area (Å²) in [5.74, 6) is 0.339. The Labute approximate surface area is 269 Å². The number of benzene rings is 1. The van der Waals surface area contributed by atoms with Crippen LogP contribution in [0.15, 0.2) is 33.3 Å². The molecule has 3 heterocycles. The Bertz CT molecular complexity index is 1320. The molecular formula is C32H38Br2ClN3O4. The number of nitrogens with zero attached hydrogens (tertiary/aromatic N) is 3. The second-order valence-corrected chi connectivity index (χ2v) is 14.2. The quantitative estimate of drug-likeness (QED) is 0.297. The minimum atomic E-state index is -0.818. The number of carbonyl (C=O) groups excluding carboxylic acids is 2. The zero-order valence-electron chi connectivity index (χ0n) is 23.8. The summed E-state index contributed by atoms with van der Waals surface area (Å²) in [6, 6.07) is 6.30. The molecule has 3 aliphatic rings. The van der Waals surface area contributed by atoms with Crippen molar-refractivity contribution in [2.75, 3.05) is 26.2 Å². The Morgan fingerprint density at radius 1 is 0.881 bits per heavy atom. The first-order valence-electron chi connectivity index (χ1n) is 15.1. The van der Waals surface area contributed by atoms with Gasteiger partial charge in [0.05, 0.1) is 5.69 Å². The van der Waals surface area contributed by atoms with E-state index in [0.717, 1.165) is 71.3 Å². The van der Waals surface area contributed by atoms with Gasteiger partial charge in [0.15, 0.2) is 0 Å². The van der Waals surface area contributed by atoms with E-state index in [1.165, 1.54) is 16.7 Å². The summed E-state index contributed by atoms with van der Waals surface area (Å²) in [7, 11) is 0. The fourth-order valence-corrected chi connectivity index (χ4v) is 8.48. The van der Waals surface area contributed by atoms with E-state index in [1.807, 2.05) is 22.1 Å². The molecule has 0 spiro atoms. The smallest absolute Gasteiger partial charge is 0.303 e. The highest BCUT2D eigenvalue weighted by Gasteiger charge is 2.37. The molecule has 1 aromatic heterocycles. The van der Waals surface area contributed by atoms with Crippen LogP contribution in [0, 0.1) is 11.8 Å². The zero-order chi connectivity index (χ0) is 29.8. The summed E-state index contributed by atoms with van der Waals surface area (Å²) in [4.78, 5) is 45.4. The molecule has 10 heteroatoms. The SMILES string of the molecule is O=C(O)CCCCC(=O)N1CCC(CC(=O)N2CCC(C3c4ncc(Br)cc4CCc4cc(Cl)cc(Br)c43)CC2)CC1. The Kier molecular flexibility index (Phi) is 10.6. The second-order valence-electron chi connectivity index (χ2n) is 12.0. The zero-order valence-corrected chi connectivity index (χ0v) is 27.7. The van der Waals surface area contributed by atoms with Gasteiger partial charge in [0.1, 0.15) is 0 Å². The van der Waals surface area contributed by atoms with E-state index < -0.39 is 5.97 Å². The van der Waals surface area contributed by atoms with Crippen LogP contribution in [0.5, 0.6) is 0 Å². The molecule has 2 amide bonds. The number of carbonyl (C=O) groups is 3. The lowest BCUT2D eigenvalue weighted by Crippen LogP contribution is -2.43. The van der Waals surface area contributed by atoms with Gasteiger partial charge in [-0.05, 0) is 114 Å². The van der Waals surface area contributed by atoms with Gasteiger partial charge in [-0.15, -0.1) is 0 Å². The lowest BCUT2D eigenvalue weighted by molar-refractivity contribution is -0.138. The van der Waals surface area contributed by atoms with Gasteiger partial charge < -0.3 is 14.9 Å². The predicted octanol–water partition coefficient (Wildman–Crippen LogP) is 7.00. The number of aromatic nitrogens is 1. The maximum Gasteiger partial charge on any atom is 0.303 e. The lowest BCUT2D eigenvalue weighted by Gasteiger charge is -2.38. The van der Waals surface area contributed by atoms with Gasteiger partial charge in [0, 0.05) is 71.5 Å². The molecule has 1 aliphatic carbocycles. The van der Waals surface area contributed by atoms with Gasteiger partial charge in [-0.25, -0.2) is 0 Å². The number of unbranched alkanes of at least 4 members (excludes halogenated alkanes) is 1. The van der Waals surface area contributed by atoms with Crippen molar-refractivity contribution in [3.8, 4) is 0 Å². The number of piperidine rings is 2. The number of aliphatic carboxylic acids is 1. The number of aryl methyl sites for hydroxylation is 2. The molecule has 1 aromatic carbocycles. The minimum Gasteiger partial charge on any atom is -0.481 e. The number of fused-ring (bicyclic) bond motifs is 2. The summed E-state index contributed by atoms with van der Waals surface area (Å²) < 4.78 is 2.03. The Hall–Kier alpha value is -1.97. The fourth-order valence-electron chi connectivity index (χ4n) is 6.99. The van der Waals surface area contributed by atoms with Gasteiger partial charge in [-0.1, -0.05) is 27.5 Å². The largest absolute Gasteiger partial charge is 0.481 e. The first-order valence-corrected chi connectivity index (χ1v) is 17.1. The highest BCUT2D eigenvalue weighted by atomic mass is 79.9. The Morgan fingerprint density at radius 3 is 2.24 bits per heavy atom. The van der Waals surface area contributed by atoms with Crippen LogP contribution in [0.2, 0.25) is 5.02 Å². The topological polar surface area (TPSA) is 90.8 Å². The van der Waals surface area contributed by atoms with Crippen molar-refractivity contribution in [3.63, 3.8) is 0 Å². The molecule has 226 valence electrons. The first-order chi connectivity index (χ1) is 20.2. The number of hydrogen-bond acceptors (Lipinski definition) is 4. The van der Waals surface area contributed by atoms with E-state index in [-0.39, 0.29) is 24.2 Å². The van der Waals surface area contributed by atoms with Gasteiger partial charge in [-0.2, -0.15) is 0 Å². The summed E-state index contributed by atoms with van der Waals surface area (Å²) >= 11 is 13.9. The molecule has 0 radical (unpaired) electrons. The van der Waals surface area contributed by atoms with Crippen molar-refractivity contribution in [3.05, 3.63) is 60.7 Å². The third-order valence-corrected chi connectivity index (χ3v) is 10.6. The summed E-state index contributed by atoms with van der Waals surface area (Å²) in [5.41, 5.74) is 4.99. The van der Waals surface area contributed by atoms with Crippen LogP contribution >= 0.6 is 43.5 Å². The van der Waals surface area contributed by atoms with Crippen molar-refractivity contribution in [1.82, 2.24) is 14.8 Å². The molecule has 2 saturated heterocycles. The van der Waals surface area contributed by atoms with Crippen LogP contribution in [0.1, 0.15) is 86.1 Å². The van der Waals surface area contributed by atoms with Gasteiger partial charge in [0.2, 0.25) is 11.8 Å². The third-order valence-electron chi connectivity index (χ3n) is 9.24. The van der Waals surface area contributed by atoms with Crippen molar-refractivity contribution in [2.45, 2.75) is 76.5 Å². The fraction of sp³-hybridized carbons (Fsp3) is 0.562. The van der Waals surface area contributed by atoms with Crippen LogP contribution in [0.3, 0.4) is 0 Å². The molecule has 1 atom stereocenters. The maximum atomic E-state index is 13.3. The van der Waals surface area contributed by atoms with Gasteiger partial charge >= 0.3 is 5.97 Å². The molecule has 2 aliphatic heterocycles. The molecule has 2 aromatic rings. The number of likely N-dealkylation sites (tertiary alicyclic amines) is 2. The summed E-state index contributed by atoms with van der Waals surface area (Å²) in [6.45, 7) is 2.86. The second kappa shape index (κ2) is 14.2. The van der Waals surface area contributed by atoms with Gasteiger partial charge in [-0.3, -0.25) is 19.4 Å². The van der Waals surface area contributed by atoms with Crippen molar-refractivity contribution < 1.29 is 19.5 Å². The molecule has 7 nitrogen and oxygen atoms in total. The van der Waals surface area contributed by atoms with Crippen molar-refractivity contribution in [2.24, 2.45) is 11.8 Å². The number of amides is 2. The van der Waals surface area contributed by atoms with E-state index in [4.69, 9.17) is 21.7 Å². The van der Waals surface area contributed by atoms with Crippen molar-refractivity contribution >= 4 is 61.2 Å². The van der Waals surface area contributed by atoms with E-state index in [2.05, 4.69) is 44.0 Å². The number of rotatable bonds is 8. The van der Waals surface area contributed by atoms with Crippen LogP contribution in [-0.4, -0.2) is 63.9 Å². The molecule has 1 unspecified atom stereocenters. The van der Waals surface area contributed by atoms with E-state index in [9.17, 15) is 14.4 Å². The molecule has 0 bridgehead atoms. The van der Waals surface area contributed by atoms with E-state index in [0.29, 0.717) is 50.6 Å². The minimum absolute atomic E-state index is 0.102. The highest BCUT2D eigenvalue weighted by molar-refractivity contribution is 9.10. The molecular weight excluding hydrogens is 686 g/mol. The summed E-state index contributed by atoms with van der Waals surface area (Å²) in [5, 5.41) is 9.51. The number of carboxylic acids is 1. The standard InChI is InChI=1S/C32H38Br2ClN3O4/c33-24-16-23-6-5-22-17-25(35)18-26(34)30(22)31(32(23)36-19-24)21-9-13-38(14-10-21)28(40)15-20-7-11-37(12-8-20)27(39)3-1-2-4-29(41)42/h16-21,31H,1-15H2,(H,41,42). The third kappa shape index (κ3) is 7.56. The lowest BCUT2D eigenvalue weighted by atomic mass is 9.76. The van der Waals surface area contributed by atoms with Crippen molar-refractivity contribution in [1.29, 1.82) is 0 Å². The predicted molar refractivity (Wildman–Crippen MR) is 170 cm³/mol. The first kappa shape index (κ1) is 31.5. The van der Waals surface area contributed by atoms with Crippen LogP contribution < -0.4 is 0 Å². The molecule has 2 fully saturated rings. The van der Waals surface area contributed by atoms with Crippen LogP contribution in [-0.2, 0) is 27.2 Å². The van der Waals surface area contributed by atoms with E-state index in [1.54, 1.807) is 0 Å². The van der Waals surface area contributed by atoms with E-state index >= 15 is 0 Å². The Morgan fingerprint density at radius 2 is 1.52 bits per heavy atom.